The molecule has 0 aliphatic heterocycles. The molecule has 0 bridgehead atoms. The van der Waals surface area contributed by atoms with Crippen LogP contribution < -0.4 is 20.1 Å². The molecular formula is C16H16Cl2N2O3. The number of halogens is 2. The lowest BCUT2D eigenvalue weighted by Crippen LogP contribution is -2.32. The minimum Gasteiger partial charge on any atom is -0.493 e. The van der Waals surface area contributed by atoms with Gasteiger partial charge in [0.2, 0.25) is 0 Å². The average Bonchev–Trinajstić information content (AvgIpc) is 2.54. The zero-order valence-electron chi connectivity index (χ0n) is 12.4. The van der Waals surface area contributed by atoms with Crippen LogP contribution in [0, 0.1) is 0 Å². The van der Waals surface area contributed by atoms with Gasteiger partial charge in [-0.25, -0.2) is 4.79 Å². The van der Waals surface area contributed by atoms with Crippen LogP contribution in [0.25, 0.3) is 0 Å². The molecule has 5 nitrogen and oxygen atoms in total. The second-order valence-electron chi connectivity index (χ2n) is 4.50. The number of hydrogen-bond acceptors (Lipinski definition) is 3. The van der Waals surface area contributed by atoms with Crippen LogP contribution in [-0.4, -0.2) is 26.3 Å². The Morgan fingerprint density at radius 1 is 1.13 bits per heavy atom. The van der Waals surface area contributed by atoms with E-state index in [-0.39, 0.29) is 6.03 Å². The van der Waals surface area contributed by atoms with Crippen molar-refractivity contribution >= 4 is 34.9 Å². The summed E-state index contributed by atoms with van der Waals surface area (Å²) in [5.41, 5.74) is 0.485. The second-order valence-corrected chi connectivity index (χ2v) is 5.35. The predicted molar refractivity (Wildman–Crippen MR) is 92.0 cm³/mol. The lowest BCUT2D eigenvalue weighted by Gasteiger charge is -2.12. The van der Waals surface area contributed by atoms with Crippen LogP contribution in [0.2, 0.25) is 10.0 Å². The van der Waals surface area contributed by atoms with Crippen molar-refractivity contribution in [3.05, 3.63) is 52.5 Å². The second kappa shape index (κ2) is 8.50. The number of hydrogen-bond donors (Lipinski definition) is 2. The number of methoxy groups -OCH3 is 1. The summed E-state index contributed by atoms with van der Waals surface area (Å²) in [5, 5.41) is 6.19. The van der Waals surface area contributed by atoms with Crippen LogP contribution >= 0.6 is 23.2 Å². The molecule has 122 valence electrons. The van der Waals surface area contributed by atoms with Crippen LogP contribution in [0.15, 0.2) is 42.5 Å². The van der Waals surface area contributed by atoms with E-state index in [9.17, 15) is 4.79 Å². The van der Waals surface area contributed by atoms with Crippen molar-refractivity contribution in [1.29, 1.82) is 0 Å². The minimum atomic E-state index is -0.377. The molecule has 7 heteroatoms. The van der Waals surface area contributed by atoms with E-state index in [0.717, 1.165) is 0 Å². The number of para-hydroxylation sites is 2. The number of benzene rings is 2. The van der Waals surface area contributed by atoms with Gasteiger partial charge in [0, 0.05) is 5.02 Å². The Morgan fingerprint density at radius 3 is 2.57 bits per heavy atom. The molecule has 0 aromatic heterocycles. The van der Waals surface area contributed by atoms with Crippen LogP contribution in [0.1, 0.15) is 0 Å². The monoisotopic (exact) mass is 354 g/mol. The quantitative estimate of drug-likeness (QED) is 0.764. The number of carbonyl (C=O) groups excluding carboxylic acids is 1. The Kier molecular flexibility index (Phi) is 6.38. The Hall–Kier alpha value is -2.11. The van der Waals surface area contributed by atoms with Crippen LogP contribution in [0.3, 0.4) is 0 Å². The summed E-state index contributed by atoms with van der Waals surface area (Å²) in [6.07, 6.45) is 0. The fraction of sp³-hybridized carbons (Fsp3) is 0.188. The molecule has 2 aromatic carbocycles. The first kappa shape index (κ1) is 17.2. The number of nitrogens with one attached hydrogen (secondary N) is 2. The highest BCUT2D eigenvalue weighted by molar-refractivity contribution is 6.36. The molecule has 2 N–H and O–H groups in total. The summed E-state index contributed by atoms with van der Waals surface area (Å²) >= 11 is 11.8. The van der Waals surface area contributed by atoms with E-state index in [0.29, 0.717) is 40.4 Å². The number of rotatable bonds is 6. The first-order chi connectivity index (χ1) is 11.1. The fourth-order valence-electron chi connectivity index (χ4n) is 1.82. The van der Waals surface area contributed by atoms with Gasteiger partial charge in [-0.1, -0.05) is 35.3 Å². The van der Waals surface area contributed by atoms with Crippen molar-refractivity contribution in [1.82, 2.24) is 5.32 Å². The number of urea groups is 1. The van der Waals surface area contributed by atoms with Crippen molar-refractivity contribution < 1.29 is 14.3 Å². The molecule has 23 heavy (non-hydrogen) atoms. The van der Waals surface area contributed by atoms with E-state index in [1.54, 1.807) is 37.4 Å². The third kappa shape index (κ3) is 5.23. The Morgan fingerprint density at radius 2 is 1.87 bits per heavy atom. The summed E-state index contributed by atoms with van der Waals surface area (Å²) in [6.45, 7) is 0.636. The lowest BCUT2D eigenvalue weighted by molar-refractivity contribution is 0.246. The molecule has 2 rings (SSSR count). The number of ether oxygens (including phenoxy) is 2. The van der Waals surface area contributed by atoms with Gasteiger partial charge < -0.3 is 20.1 Å². The van der Waals surface area contributed by atoms with E-state index >= 15 is 0 Å². The maximum atomic E-state index is 11.8. The molecule has 0 saturated heterocycles. The molecule has 0 unspecified atom stereocenters. The van der Waals surface area contributed by atoms with Crippen LogP contribution in [-0.2, 0) is 0 Å². The van der Waals surface area contributed by atoms with Gasteiger partial charge in [0.25, 0.3) is 0 Å². The molecule has 0 fully saturated rings. The third-order valence-electron chi connectivity index (χ3n) is 2.89. The predicted octanol–water partition coefficient (Wildman–Crippen LogP) is 4.20. The maximum absolute atomic E-state index is 11.8. The van der Waals surface area contributed by atoms with Crippen LogP contribution in [0.5, 0.6) is 11.5 Å². The van der Waals surface area contributed by atoms with E-state index in [2.05, 4.69) is 10.6 Å². The van der Waals surface area contributed by atoms with Gasteiger partial charge in [0.15, 0.2) is 11.5 Å². The van der Waals surface area contributed by atoms with E-state index < -0.39 is 0 Å². The first-order valence-electron chi connectivity index (χ1n) is 6.86. The number of anilines is 1. The zero-order chi connectivity index (χ0) is 16.7. The molecule has 0 saturated carbocycles. The molecule has 0 aliphatic rings. The molecule has 0 heterocycles. The summed E-state index contributed by atoms with van der Waals surface area (Å²) in [5.74, 6) is 1.27. The van der Waals surface area contributed by atoms with Crippen molar-refractivity contribution in [3.63, 3.8) is 0 Å². The van der Waals surface area contributed by atoms with Crippen molar-refractivity contribution in [2.24, 2.45) is 0 Å². The largest absolute Gasteiger partial charge is 0.493 e. The van der Waals surface area contributed by atoms with Gasteiger partial charge in [-0.05, 0) is 30.3 Å². The van der Waals surface area contributed by atoms with E-state index in [1.165, 1.54) is 0 Å². The van der Waals surface area contributed by atoms with Crippen molar-refractivity contribution in [2.45, 2.75) is 0 Å². The van der Waals surface area contributed by atoms with Crippen molar-refractivity contribution in [2.75, 3.05) is 25.6 Å². The first-order valence-corrected chi connectivity index (χ1v) is 7.61. The molecule has 0 radical (unpaired) electrons. The van der Waals surface area contributed by atoms with Gasteiger partial charge >= 0.3 is 6.03 Å². The standard InChI is InChI=1S/C16H16Cl2N2O3/c1-22-14-4-2-3-5-15(14)23-9-8-19-16(21)20-13-7-6-11(17)10-12(13)18/h2-7,10H,8-9H2,1H3,(H2,19,20,21). The van der Waals surface area contributed by atoms with Gasteiger partial charge in [-0.2, -0.15) is 0 Å². The van der Waals surface area contributed by atoms with Gasteiger partial charge in [-0.15, -0.1) is 0 Å². The molecule has 2 amide bonds. The van der Waals surface area contributed by atoms with E-state index in [4.69, 9.17) is 32.7 Å². The summed E-state index contributed by atoms with van der Waals surface area (Å²) in [7, 11) is 1.57. The SMILES string of the molecule is COc1ccccc1OCCNC(=O)Nc1ccc(Cl)cc1Cl. The van der Waals surface area contributed by atoms with Gasteiger partial charge in [-0.3, -0.25) is 0 Å². The molecule has 0 aliphatic carbocycles. The third-order valence-corrected chi connectivity index (χ3v) is 3.44. The van der Waals surface area contributed by atoms with Gasteiger partial charge in [0.05, 0.1) is 24.4 Å². The summed E-state index contributed by atoms with van der Waals surface area (Å²) in [6, 6.07) is 11.8. The Bertz CT molecular complexity index is 680. The maximum Gasteiger partial charge on any atom is 0.319 e. The highest BCUT2D eigenvalue weighted by atomic mass is 35.5. The number of carbonyl (C=O) groups is 1. The minimum absolute atomic E-state index is 0.308. The fourth-order valence-corrected chi connectivity index (χ4v) is 2.28. The normalized spacial score (nSPS) is 10.0. The highest BCUT2D eigenvalue weighted by Gasteiger charge is 2.06. The average molecular weight is 355 g/mol. The Labute approximate surface area is 144 Å². The van der Waals surface area contributed by atoms with Gasteiger partial charge in [0.1, 0.15) is 6.61 Å². The van der Waals surface area contributed by atoms with Crippen molar-refractivity contribution in [3.8, 4) is 11.5 Å². The smallest absolute Gasteiger partial charge is 0.319 e. The van der Waals surface area contributed by atoms with E-state index in [1.807, 2.05) is 12.1 Å². The summed E-state index contributed by atoms with van der Waals surface area (Å²) in [4.78, 5) is 11.8. The molecular weight excluding hydrogens is 339 g/mol. The molecule has 0 atom stereocenters. The number of amides is 2. The Balaban J connectivity index is 1.76. The lowest BCUT2D eigenvalue weighted by atomic mass is 10.3. The zero-order valence-corrected chi connectivity index (χ0v) is 13.9. The molecule has 2 aromatic rings. The molecule has 0 spiro atoms. The topological polar surface area (TPSA) is 59.6 Å². The summed E-state index contributed by atoms with van der Waals surface area (Å²) < 4.78 is 10.7. The highest BCUT2D eigenvalue weighted by Crippen LogP contribution is 2.26. The van der Waals surface area contributed by atoms with Crippen LogP contribution in [0.4, 0.5) is 10.5 Å².